The van der Waals surface area contributed by atoms with E-state index in [1.807, 2.05) is 53.7 Å². The highest BCUT2D eigenvalue weighted by Gasteiger charge is 2.40. The van der Waals surface area contributed by atoms with Gasteiger partial charge in [0, 0.05) is 17.7 Å². The van der Waals surface area contributed by atoms with E-state index in [0.717, 1.165) is 17.5 Å². The first-order valence-corrected chi connectivity index (χ1v) is 9.05. The molecule has 0 saturated carbocycles. The molecule has 0 bridgehead atoms. The third-order valence-corrected chi connectivity index (χ3v) is 4.25. The summed E-state index contributed by atoms with van der Waals surface area (Å²) in [7, 11) is 0. The van der Waals surface area contributed by atoms with Crippen molar-refractivity contribution in [1.29, 1.82) is 0 Å². The van der Waals surface area contributed by atoms with Crippen molar-refractivity contribution in [2.75, 3.05) is 0 Å². The number of nitrogens with zero attached hydrogens (tertiary/aromatic N) is 1. The number of ether oxygens (including phenoxy) is 2. The molecule has 0 saturated heterocycles. The van der Waals surface area contributed by atoms with E-state index in [0.29, 0.717) is 17.9 Å². The van der Waals surface area contributed by atoms with Gasteiger partial charge in [-0.2, -0.15) is 0 Å². The number of rotatable bonds is 3. The third-order valence-electron chi connectivity index (χ3n) is 4.25. The Kier molecular flexibility index (Phi) is 4.37. The molecule has 5 heteroatoms. The number of aryl methyl sites for hydroxylation is 1. The second kappa shape index (κ2) is 6.15. The molecule has 1 aromatic carbocycles. The van der Waals surface area contributed by atoms with E-state index in [2.05, 4.69) is 0 Å². The molecular weight excluding hydrogens is 330 g/mol. The van der Waals surface area contributed by atoms with Crippen LogP contribution in [0.3, 0.4) is 0 Å². The Bertz CT molecular complexity index is 762. The minimum Gasteiger partial charge on any atom is -0.484 e. The van der Waals surface area contributed by atoms with Crippen molar-refractivity contribution >= 4 is 11.8 Å². The monoisotopic (exact) mass is 357 g/mol. The Morgan fingerprint density at radius 1 is 0.923 bits per heavy atom. The van der Waals surface area contributed by atoms with Crippen molar-refractivity contribution < 1.29 is 19.1 Å². The second-order valence-corrected chi connectivity index (χ2v) is 8.83. The maximum absolute atomic E-state index is 12.2. The number of imide groups is 1. The molecule has 26 heavy (non-hydrogen) atoms. The molecule has 2 aliphatic rings. The lowest BCUT2D eigenvalue weighted by Gasteiger charge is -2.31. The summed E-state index contributed by atoms with van der Waals surface area (Å²) in [5.74, 6) is 0.749. The molecule has 5 nitrogen and oxygen atoms in total. The maximum Gasteiger partial charge on any atom is 0.254 e. The lowest BCUT2D eigenvalue weighted by atomic mass is 10.0. The molecule has 0 spiro atoms. The van der Waals surface area contributed by atoms with Gasteiger partial charge in [-0.05, 0) is 66.0 Å². The zero-order chi connectivity index (χ0) is 19.3. The minimum atomic E-state index is -0.435. The molecule has 1 atom stereocenters. The van der Waals surface area contributed by atoms with Crippen molar-refractivity contribution in [1.82, 2.24) is 4.90 Å². The Morgan fingerprint density at radius 3 is 2.04 bits per heavy atom. The average molecular weight is 357 g/mol. The summed E-state index contributed by atoms with van der Waals surface area (Å²) in [4.78, 5) is 25.8. The summed E-state index contributed by atoms with van der Waals surface area (Å²) in [5.41, 5.74) is 1.17. The molecule has 0 aromatic heterocycles. The maximum atomic E-state index is 12.2. The van der Waals surface area contributed by atoms with Crippen LogP contribution in [0.15, 0.2) is 24.3 Å². The van der Waals surface area contributed by atoms with Gasteiger partial charge < -0.3 is 9.47 Å². The number of amides is 2. The Morgan fingerprint density at radius 2 is 1.50 bits per heavy atom. The molecule has 0 radical (unpaired) electrons. The standard InChI is InChI=1S/C21H27NO4/c1-20(2,3)25-15-10-8-13-7-9-14(22-16(23)11-12-17(22)24)18(13)19(15)26-21(4,5)6/h8,10-12,14H,7,9H2,1-6H3/t14-/m0/s1. The molecule has 1 aliphatic carbocycles. The zero-order valence-corrected chi connectivity index (χ0v) is 16.4. The molecule has 0 fully saturated rings. The molecule has 1 heterocycles. The Hall–Kier alpha value is -2.30. The van der Waals surface area contributed by atoms with Gasteiger partial charge in [0.25, 0.3) is 11.8 Å². The van der Waals surface area contributed by atoms with Crippen LogP contribution < -0.4 is 9.47 Å². The lowest BCUT2D eigenvalue weighted by molar-refractivity contribution is -0.139. The van der Waals surface area contributed by atoms with Crippen molar-refractivity contribution in [3.05, 3.63) is 35.4 Å². The van der Waals surface area contributed by atoms with Crippen LogP contribution in [0.2, 0.25) is 0 Å². The van der Waals surface area contributed by atoms with Gasteiger partial charge in [-0.1, -0.05) is 6.07 Å². The molecule has 0 unspecified atom stereocenters. The number of carbonyl (C=O) groups excluding carboxylic acids is 2. The van der Waals surface area contributed by atoms with Gasteiger partial charge >= 0.3 is 0 Å². The number of hydrogen-bond donors (Lipinski definition) is 0. The van der Waals surface area contributed by atoms with Gasteiger partial charge in [0.2, 0.25) is 0 Å². The Labute approximate surface area is 155 Å². The molecule has 2 amide bonds. The second-order valence-electron chi connectivity index (χ2n) is 8.83. The van der Waals surface area contributed by atoms with Gasteiger partial charge in [0.05, 0.1) is 6.04 Å². The quantitative estimate of drug-likeness (QED) is 0.769. The first kappa shape index (κ1) is 18.5. The number of hydrogen-bond acceptors (Lipinski definition) is 4. The zero-order valence-electron chi connectivity index (χ0n) is 16.4. The summed E-state index contributed by atoms with van der Waals surface area (Å²) >= 11 is 0. The smallest absolute Gasteiger partial charge is 0.254 e. The van der Waals surface area contributed by atoms with Crippen LogP contribution in [-0.4, -0.2) is 27.9 Å². The first-order valence-electron chi connectivity index (χ1n) is 9.05. The molecule has 140 valence electrons. The van der Waals surface area contributed by atoms with E-state index in [-0.39, 0.29) is 23.5 Å². The topological polar surface area (TPSA) is 55.8 Å². The molecule has 1 aliphatic heterocycles. The summed E-state index contributed by atoms with van der Waals surface area (Å²) in [5, 5.41) is 0. The van der Waals surface area contributed by atoms with Gasteiger partial charge in [0.15, 0.2) is 11.5 Å². The first-order chi connectivity index (χ1) is 12.0. The summed E-state index contributed by atoms with van der Waals surface area (Å²) in [6.07, 6.45) is 4.17. The van der Waals surface area contributed by atoms with E-state index in [1.165, 1.54) is 17.1 Å². The predicted molar refractivity (Wildman–Crippen MR) is 99.3 cm³/mol. The van der Waals surface area contributed by atoms with Crippen LogP contribution >= 0.6 is 0 Å². The Balaban J connectivity index is 2.11. The normalized spacial score (nSPS) is 19.9. The van der Waals surface area contributed by atoms with Crippen molar-refractivity contribution in [2.45, 2.75) is 71.6 Å². The van der Waals surface area contributed by atoms with E-state index in [1.54, 1.807) is 0 Å². The van der Waals surface area contributed by atoms with Crippen LogP contribution in [0.5, 0.6) is 11.5 Å². The fourth-order valence-electron chi connectivity index (χ4n) is 3.44. The largest absolute Gasteiger partial charge is 0.484 e. The minimum absolute atomic E-state index is 0.267. The van der Waals surface area contributed by atoms with E-state index >= 15 is 0 Å². The molecule has 0 N–H and O–H groups in total. The van der Waals surface area contributed by atoms with Crippen LogP contribution in [0, 0.1) is 0 Å². The third kappa shape index (κ3) is 3.62. The van der Waals surface area contributed by atoms with E-state index in [9.17, 15) is 9.59 Å². The highest BCUT2D eigenvalue weighted by molar-refractivity contribution is 6.13. The van der Waals surface area contributed by atoms with E-state index < -0.39 is 5.60 Å². The van der Waals surface area contributed by atoms with E-state index in [4.69, 9.17) is 9.47 Å². The fraction of sp³-hybridized carbons (Fsp3) is 0.524. The van der Waals surface area contributed by atoms with Crippen molar-refractivity contribution in [2.24, 2.45) is 0 Å². The van der Waals surface area contributed by atoms with Gasteiger partial charge in [-0.25, -0.2) is 0 Å². The fourth-order valence-corrected chi connectivity index (χ4v) is 3.44. The van der Waals surface area contributed by atoms with Gasteiger partial charge in [0.1, 0.15) is 11.2 Å². The average Bonchev–Trinajstić information content (AvgIpc) is 3.02. The number of fused-ring (bicyclic) bond motifs is 1. The summed E-state index contributed by atoms with van der Waals surface area (Å²) in [6.45, 7) is 11.9. The van der Waals surface area contributed by atoms with Crippen molar-refractivity contribution in [3.8, 4) is 11.5 Å². The molecular formula is C21H27NO4. The predicted octanol–water partition coefficient (Wildman–Crippen LogP) is 3.95. The van der Waals surface area contributed by atoms with Gasteiger partial charge in [-0.15, -0.1) is 0 Å². The highest BCUT2D eigenvalue weighted by atomic mass is 16.5. The van der Waals surface area contributed by atoms with Gasteiger partial charge in [-0.3, -0.25) is 14.5 Å². The SMILES string of the molecule is CC(C)(C)Oc1ccc2c(c1OC(C)(C)C)[C@@H](N1C(=O)C=CC1=O)CC2. The summed E-state index contributed by atoms with van der Waals surface area (Å²) in [6, 6.07) is 3.63. The van der Waals surface area contributed by atoms with Crippen LogP contribution in [0.25, 0.3) is 0 Å². The number of carbonyl (C=O) groups is 2. The lowest BCUT2D eigenvalue weighted by Crippen LogP contribution is -2.34. The number of benzene rings is 1. The molecule has 3 rings (SSSR count). The van der Waals surface area contributed by atoms with Crippen LogP contribution in [-0.2, 0) is 16.0 Å². The highest BCUT2D eigenvalue weighted by Crippen LogP contribution is 2.48. The summed E-state index contributed by atoms with van der Waals surface area (Å²) < 4.78 is 12.4. The van der Waals surface area contributed by atoms with Crippen LogP contribution in [0.4, 0.5) is 0 Å². The van der Waals surface area contributed by atoms with Crippen LogP contribution in [0.1, 0.15) is 65.1 Å². The molecule has 1 aromatic rings. The van der Waals surface area contributed by atoms with Crippen molar-refractivity contribution in [3.63, 3.8) is 0 Å².